The molecule has 43 heavy (non-hydrogen) atoms. The maximum absolute atomic E-state index is 5.07. The molecule has 3 nitrogen and oxygen atoms in total. The first kappa shape index (κ1) is 25.3. The molecule has 0 unspecified atom stereocenters. The number of nitrogens with zero attached hydrogens (tertiary/aromatic N) is 3. The number of fused-ring (bicyclic) bond motifs is 4. The van der Waals surface area contributed by atoms with Gasteiger partial charge in [-0.1, -0.05) is 141 Å². The fraction of sp³-hybridized carbons (Fsp3) is 0.0750. The Bertz CT molecular complexity index is 2160. The Morgan fingerprint density at radius 1 is 0.395 bits per heavy atom. The Morgan fingerprint density at radius 2 is 0.977 bits per heavy atom. The largest absolute Gasteiger partial charge is 0.208 e. The second kappa shape index (κ2) is 9.85. The van der Waals surface area contributed by atoms with E-state index < -0.39 is 0 Å². The lowest BCUT2D eigenvalue weighted by atomic mass is 9.81. The van der Waals surface area contributed by atoms with Gasteiger partial charge in [-0.05, 0) is 56.3 Å². The highest BCUT2D eigenvalue weighted by atomic mass is 15.0. The maximum atomic E-state index is 5.07. The van der Waals surface area contributed by atoms with Crippen molar-refractivity contribution < 1.29 is 0 Å². The lowest BCUT2D eigenvalue weighted by molar-refractivity contribution is 0.660. The van der Waals surface area contributed by atoms with Crippen LogP contribution < -0.4 is 0 Å². The predicted octanol–water partition coefficient (Wildman–Crippen LogP) is 10.00. The molecule has 0 atom stereocenters. The Balaban J connectivity index is 1.27. The zero-order valence-corrected chi connectivity index (χ0v) is 24.1. The number of benzene rings is 6. The van der Waals surface area contributed by atoms with E-state index in [-0.39, 0.29) is 5.41 Å². The molecule has 0 radical (unpaired) electrons. The molecule has 3 heteroatoms. The summed E-state index contributed by atoms with van der Waals surface area (Å²) in [6.07, 6.45) is 0. The molecular weight excluding hydrogens is 522 g/mol. The van der Waals surface area contributed by atoms with Gasteiger partial charge in [-0.2, -0.15) is 0 Å². The standard InChI is InChI=1S/C40H29N3/c1-40(2)35-21-9-8-19-32(35)33-23-22-29(25-36(33)40)28-16-10-17-30(24-28)38-41-37(27-13-4-3-5-14-27)42-39(43-38)34-20-11-15-26-12-6-7-18-31(26)34/h3-25H,1-2H3. The first-order valence-electron chi connectivity index (χ1n) is 14.7. The normalized spacial score (nSPS) is 13.1. The molecule has 0 aliphatic heterocycles. The molecule has 8 rings (SSSR count). The second-order valence-electron chi connectivity index (χ2n) is 11.7. The van der Waals surface area contributed by atoms with Gasteiger partial charge in [-0.25, -0.2) is 15.0 Å². The first-order chi connectivity index (χ1) is 21.1. The van der Waals surface area contributed by atoms with Gasteiger partial charge in [0.1, 0.15) is 0 Å². The van der Waals surface area contributed by atoms with Crippen LogP contribution in [0.1, 0.15) is 25.0 Å². The summed E-state index contributed by atoms with van der Waals surface area (Å²) in [5.41, 5.74) is 10.6. The lowest BCUT2D eigenvalue weighted by Crippen LogP contribution is -2.14. The summed E-state index contributed by atoms with van der Waals surface area (Å²) in [6.45, 7) is 4.64. The minimum atomic E-state index is -0.0499. The summed E-state index contributed by atoms with van der Waals surface area (Å²) in [5, 5.41) is 2.28. The molecule has 0 N–H and O–H groups in total. The van der Waals surface area contributed by atoms with E-state index in [4.69, 9.17) is 15.0 Å². The summed E-state index contributed by atoms with van der Waals surface area (Å²) < 4.78 is 0. The average Bonchev–Trinajstić information content (AvgIpc) is 3.30. The molecule has 204 valence electrons. The molecule has 7 aromatic rings. The summed E-state index contributed by atoms with van der Waals surface area (Å²) in [7, 11) is 0. The van der Waals surface area contributed by atoms with Crippen molar-refractivity contribution in [1.82, 2.24) is 15.0 Å². The Morgan fingerprint density at radius 3 is 1.86 bits per heavy atom. The number of hydrogen-bond acceptors (Lipinski definition) is 3. The van der Waals surface area contributed by atoms with E-state index in [0.29, 0.717) is 17.5 Å². The zero-order chi connectivity index (χ0) is 29.0. The van der Waals surface area contributed by atoms with E-state index >= 15 is 0 Å². The second-order valence-corrected chi connectivity index (χ2v) is 11.7. The molecule has 0 bridgehead atoms. The van der Waals surface area contributed by atoms with Gasteiger partial charge >= 0.3 is 0 Å². The van der Waals surface area contributed by atoms with E-state index in [1.165, 1.54) is 27.8 Å². The summed E-state index contributed by atoms with van der Waals surface area (Å²) in [4.78, 5) is 15.1. The van der Waals surface area contributed by atoms with Crippen LogP contribution in [0.25, 0.3) is 67.2 Å². The molecule has 6 aromatic carbocycles. The topological polar surface area (TPSA) is 38.7 Å². The molecule has 1 aliphatic carbocycles. The maximum Gasteiger partial charge on any atom is 0.164 e. The fourth-order valence-corrected chi connectivity index (χ4v) is 6.48. The number of rotatable bonds is 4. The number of aromatic nitrogens is 3. The van der Waals surface area contributed by atoms with Gasteiger partial charge in [-0.15, -0.1) is 0 Å². The van der Waals surface area contributed by atoms with E-state index in [9.17, 15) is 0 Å². The smallest absolute Gasteiger partial charge is 0.164 e. The van der Waals surface area contributed by atoms with Gasteiger partial charge in [0.15, 0.2) is 17.5 Å². The van der Waals surface area contributed by atoms with Gasteiger partial charge in [0.05, 0.1) is 0 Å². The molecule has 1 aromatic heterocycles. The molecular formula is C40H29N3. The number of hydrogen-bond donors (Lipinski definition) is 0. The first-order valence-corrected chi connectivity index (χ1v) is 14.7. The van der Waals surface area contributed by atoms with Crippen LogP contribution in [-0.2, 0) is 5.41 Å². The van der Waals surface area contributed by atoms with Crippen LogP contribution >= 0.6 is 0 Å². The lowest BCUT2D eigenvalue weighted by Gasteiger charge is -2.22. The fourth-order valence-electron chi connectivity index (χ4n) is 6.48. The van der Waals surface area contributed by atoms with Crippen LogP contribution in [0.5, 0.6) is 0 Å². The third-order valence-corrected chi connectivity index (χ3v) is 8.74. The molecule has 0 saturated heterocycles. The summed E-state index contributed by atoms with van der Waals surface area (Å²) >= 11 is 0. The van der Waals surface area contributed by atoms with Crippen molar-refractivity contribution in [2.45, 2.75) is 19.3 Å². The van der Waals surface area contributed by atoms with Crippen LogP contribution in [0.3, 0.4) is 0 Å². The van der Waals surface area contributed by atoms with Crippen LogP contribution in [0.4, 0.5) is 0 Å². The van der Waals surface area contributed by atoms with Crippen LogP contribution in [0.2, 0.25) is 0 Å². The van der Waals surface area contributed by atoms with E-state index in [0.717, 1.165) is 33.0 Å². The monoisotopic (exact) mass is 551 g/mol. The van der Waals surface area contributed by atoms with Crippen LogP contribution in [0.15, 0.2) is 140 Å². The third kappa shape index (κ3) is 4.24. The average molecular weight is 552 g/mol. The van der Waals surface area contributed by atoms with Crippen molar-refractivity contribution in [2.75, 3.05) is 0 Å². The molecule has 0 spiro atoms. The van der Waals surface area contributed by atoms with Crippen molar-refractivity contribution >= 4 is 10.8 Å². The highest BCUT2D eigenvalue weighted by Gasteiger charge is 2.35. The van der Waals surface area contributed by atoms with Gasteiger partial charge in [-0.3, -0.25) is 0 Å². The molecule has 1 heterocycles. The minimum absolute atomic E-state index is 0.0499. The SMILES string of the molecule is CC1(C)c2ccccc2-c2ccc(-c3cccc(-c4nc(-c5ccccc5)nc(-c5cccc6ccccc56)n4)c3)cc21. The Kier molecular flexibility index (Phi) is 5.80. The van der Waals surface area contributed by atoms with Gasteiger partial charge in [0, 0.05) is 22.1 Å². The van der Waals surface area contributed by atoms with Crippen molar-refractivity contribution in [3.8, 4) is 56.4 Å². The van der Waals surface area contributed by atoms with Crippen molar-refractivity contribution in [3.63, 3.8) is 0 Å². The Hall–Kier alpha value is -5.41. The molecule has 0 saturated carbocycles. The van der Waals surface area contributed by atoms with Crippen molar-refractivity contribution in [3.05, 3.63) is 151 Å². The van der Waals surface area contributed by atoms with Crippen LogP contribution in [0, 0.1) is 0 Å². The highest BCUT2D eigenvalue weighted by Crippen LogP contribution is 2.49. The van der Waals surface area contributed by atoms with E-state index in [1.807, 2.05) is 30.3 Å². The molecule has 0 amide bonds. The van der Waals surface area contributed by atoms with Crippen LogP contribution in [-0.4, -0.2) is 15.0 Å². The van der Waals surface area contributed by atoms with Gasteiger partial charge in [0.2, 0.25) is 0 Å². The highest BCUT2D eigenvalue weighted by molar-refractivity contribution is 5.95. The molecule has 0 fully saturated rings. The van der Waals surface area contributed by atoms with Gasteiger partial charge in [0.25, 0.3) is 0 Å². The third-order valence-electron chi connectivity index (χ3n) is 8.74. The van der Waals surface area contributed by atoms with E-state index in [2.05, 4.69) is 123 Å². The molecule has 1 aliphatic rings. The summed E-state index contributed by atoms with van der Waals surface area (Å²) in [6, 6.07) is 49.0. The Labute approximate surface area is 251 Å². The van der Waals surface area contributed by atoms with Gasteiger partial charge < -0.3 is 0 Å². The van der Waals surface area contributed by atoms with E-state index in [1.54, 1.807) is 0 Å². The van der Waals surface area contributed by atoms with Crippen molar-refractivity contribution in [1.29, 1.82) is 0 Å². The zero-order valence-electron chi connectivity index (χ0n) is 24.1. The minimum Gasteiger partial charge on any atom is -0.208 e. The quantitative estimate of drug-likeness (QED) is 0.218. The van der Waals surface area contributed by atoms with Crippen molar-refractivity contribution in [2.24, 2.45) is 0 Å². The summed E-state index contributed by atoms with van der Waals surface area (Å²) in [5.74, 6) is 1.99. The predicted molar refractivity (Wildman–Crippen MR) is 177 cm³/mol.